The maximum Gasteiger partial charge on any atom is 0.0872 e. The van der Waals surface area contributed by atoms with Crippen LogP contribution in [0.5, 0.6) is 0 Å². The minimum atomic E-state index is -0.282. The number of benzene rings is 1. The van der Waals surface area contributed by atoms with Crippen LogP contribution in [0.1, 0.15) is 31.2 Å². The van der Waals surface area contributed by atoms with Crippen molar-refractivity contribution in [3.8, 4) is 6.07 Å². The molecule has 2 atom stereocenters. The molecule has 1 aliphatic rings. The van der Waals surface area contributed by atoms with Crippen LogP contribution in [0.15, 0.2) is 30.3 Å². The molecule has 3 nitrogen and oxygen atoms in total. The molecule has 2 rings (SSSR count). The highest BCUT2D eigenvalue weighted by atomic mass is 16.3. The van der Waals surface area contributed by atoms with Crippen LogP contribution in [0.3, 0.4) is 0 Å². The second kappa shape index (κ2) is 6.53. The van der Waals surface area contributed by atoms with Crippen molar-refractivity contribution in [1.82, 2.24) is 4.90 Å². The van der Waals surface area contributed by atoms with E-state index in [9.17, 15) is 5.11 Å². The summed E-state index contributed by atoms with van der Waals surface area (Å²) in [6, 6.07) is 12.5. The first-order valence-corrected chi connectivity index (χ1v) is 6.64. The molecule has 3 heteroatoms. The van der Waals surface area contributed by atoms with E-state index in [0.717, 1.165) is 32.2 Å². The number of hydrogen-bond acceptors (Lipinski definition) is 3. The van der Waals surface area contributed by atoms with Gasteiger partial charge in [-0.05, 0) is 18.4 Å². The third kappa shape index (κ3) is 3.32. The van der Waals surface area contributed by atoms with E-state index in [1.165, 1.54) is 5.56 Å². The number of aliphatic hydroxyl groups excluding tert-OH is 1. The van der Waals surface area contributed by atoms with Crippen LogP contribution in [-0.2, 0) is 6.54 Å². The summed E-state index contributed by atoms with van der Waals surface area (Å²) in [5.74, 6) is 0. The van der Waals surface area contributed by atoms with E-state index < -0.39 is 0 Å². The van der Waals surface area contributed by atoms with Gasteiger partial charge in [-0.25, -0.2) is 0 Å². The van der Waals surface area contributed by atoms with E-state index in [1.807, 2.05) is 18.2 Å². The van der Waals surface area contributed by atoms with Crippen molar-refractivity contribution >= 4 is 0 Å². The van der Waals surface area contributed by atoms with Gasteiger partial charge in [0.15, 0.2) is 0 Å². The summed E-state index contributed by atoms with van der Waals surface area (Å²) in [7, 11) is 0. The minimum Gasteiger partial charge on any atom is -0.391 e. The number of aliphatic hydroxyl groups is 1. The van der Waals surface area contributed by atoms with Gasteiger partial charge in [0, 0.05) is 12.6 Å². The fourth-order valence-corrected chi connectivity index (χ4v) is 2.72. The Morgan fingerprint density at radius 2 is 1.94 bits per heavy atom. The zero-order valence-electron chi connectivity index (χ0n) is 10.6. The Morgan fingerprint density at radius 3 is 2.61 bits per heavy atom. The smallest absolute Gasteiger partial charge is 0.0872 e. The Morgan fingerprint density at radius 1 is 1.22 bits per heavy atom. The molecule has 1 aliphatic carbocycles. The van der Waals surface area contributed by atoms with Gasteiger partial charge in [0.1, 0.15) is 0 Å². The molecular weight excluding hydrogens is 224 g/mol. The molecule has 0 amide bonds. The summed E-state index contributed by atoms with van der Waals surface area (Å²) in [4.78, 5) is 2.11. The van der Waals surface area contributed by atoms with Gasteiger partial charge in [0.2, 0.25) is 0 Å². The van der Waals surface area contributed by atoms with Crippen molar-refractivity contribution in [3.63, 3.8) is 0 Å². The number of nitrogens with zero attached hydrogens (tertiary/aromatic N) is 2. The van der Waals surface area contributed by atoms with E-state index in [4.69, 9.17) is 5.26 Å². The van der Waals surface area contributed by atoms with Crippen LogP contribution < -0.4 is 0 Å². The fourth-order valence-electron chi connectivity index (χ4n) is 2.72. The first-order chi connectivity index (χ1) is 8.81. The van der Waals surface area contributed by atoms with Gasteiger partial charge in [-0.15, -0.1) is 0 Å². The van der Waals surface area contributed by atoms with Crippen LogP contribution in [0.25, 0.3) is 0 Å². The van der Waals surface area contributed by atoms with Crippen molar-refractivity contribution in [2.24, 2.45) is 0 Å². The van der Waals surface area contributed by atoms with Crippen LogP contribution >= 0.6 is 0 Å². The molecular formula is C15H20N2O. The molecule has 1 aromatic rings. The summed E-state index contributed by atoms with van der Waals surface area (Å²) in [6.07, 6.45) is 3.83. The lowest BCUT2D eigenvalue weighted by atomic mass is 9.91. The summed E-state index contributed by atoms with van der Waals surface area (Å²) in [6.45, 7) is 1.13. The molecule has 1 N–H and O–H groups in total. The molecule has 1 unspecified atom stereocenters. The van der Waals surface area contributed by atoms with Crippen molar-refractivity contribution in [2.75, 3.05) is 6.54 Å². The molecule has 0 spiro atoms. The molecule has 18 heavy (non-hydrogen) atoms. The molecule has 0 radical (unpaired) electrons. The fraction of sp³-hybridized carbons (Fsp3) is 0.533. The Bertz CT molecular complexity index is 399. The SMILES string of the molecule is N#CCN(Cc1ccccc1)C1CCCC[C@H]1O. The second-order valence-electron chi connectivity index (χ2n) is 4.97. The van der Waals surface area contributed by atoms with E-state index in [-0.39, 0.29) is 12.1 Å². The van der Waals surface area contributed by atoms with Crippen molar-refractivity contribution in [3.05, 3.63) is 35.9 Å². The molecule has 96 valence electrons. The standard InChI is InChI=1S/C15H20N2O/c16-10-11-17(12-13-6-2-1-3-7-13)14-8-4-5-9-15(14)18/h1-3,6-7,14-15,18H,4-5,8-9,11-12H2/t14?,15-/m1/s1. The van der Waals surface area contributed by atoms with E-state index >= 15 is 0 Å². The maximum absolute atomic E-state index is 10.1. The average molecular weight is 244 g/mol. The summed E-state index contributed by atoms with van der Waals surface area (Å²) in [5.41, 5.74) is 1.20. The van der Waals surface area contributed by atoms with Gasteiger partial charge in [0.25, 0.3) is 0 Å². The second-order valence-corrected chi connectivity index (χ2v) is 4.97. The van der Waals surface area contributed by atoms with Gasteiger partial charge < -0.3 is 5.11 Å². The maximum atomic E-state index is 10.1. The highest BCUT2D eigenvalue weighted by Gasteiger charge is 2.28. The molecule has 0 aromatic heterocycles. The minimum absolute atomic E-state index is 0.138. The Kier molecular flexibility index (Phi) is 4.74. The predicted molar refractivity (Wildman–Crippen MR) is 70.7 cm³/mol. The van der Waals surface area contributed by atoms with Gasteiger partial charge in [-0.2, -0.15) is 5.26 Å². The Hall–Kier alpha value is -1.37. The molecule has 1 saturated carbocycles. The third-order valence-electron chi connectivity index (χ3n) is 3.67. The quantitative estimate of drug-likeness (QED) is 0.827. The van der Waals surface area contributed by atoms with Crippen LogP contribution in [0.4, 0.5) is 0 Å². The molecule has 0 saturated heterocycles. The van der Waals surface area contributed by atoms with E-state index in [2.05, 4.69) is 23.1 Å². The normalized spacial score (nSPS) is 23.8. The van der Waals surface area contributed by atoms with Crippen LogP contribution in [-0.4, -0.2) is 28.7 Å². The van der Waals surface area contributed by atoms with Crippen molar-refractivity contribution in [1.29, 1.82) is 5.26 Å². The molecule has 1 fully saturated rings. The lowest BCUT2D eigenvalue weighted by molar-refractivity contribution is 0.0222. The van der Waals surface area contributed by atoms with Crippen LogP contribution in [0, 0.1) is 11.3 Å². The molecule has 1 aromatic carbocycles. The van der Waals surface area contributed by atoms with E-state index in [0.29, 0.717) is 6.54 Å². The lowest BCUT2D eigenvalue weighted by Crippen LogP contribution is -2.45. The predicted octanol–water partition coefficient (Wildman–Crippen LogP) is 2.32. The highest BCUT2D eigenvalue weighted by molar-refractivity contribution is 5.15. The van der Waals surface area contributed by atoms with Gasteiger partial charge >= 0.3 is 0 Å². The molecule has 0 aliphatic heterocycles. The molecule has 0 bridgehead atoms. The average Bonchev–Trinajstić information content (AvgIpc) is 2.40. The van der Waals surface area contributed by atoms with Gasteiger partial charge in [0.05, 0.1) is 18.7 Å². The highest BCUT2D eigenvalue weighted by Crippen LogP contribution is 2.24. The lowest BCUT2D eigenvalue weighted by Gasteiger charge is -2.36. The molecule has 0 heterocycles. The first kappa shape index (κ1) is 13.1. The topological polar surface area (TPSA) is 47.3 Å². The summed E-state index contributed by atoms with van der Waals surface area (Å²) >= 11 is 0. The van der Waals surface area contributed by atoms with Gasteiger partial charge in [-0.1, -0.05) is 43.2 Å². The monoisotopic (exact) mass is 244 g/mol. The number of rotatable bonds is 4. The van der Waals surface area contributed by atoms with Crippen molar-refractivity contribution < 1.29 is 5.11 Å². The number of nitriles is 1. The Balaban J connectivity index is 2.05. The van der Waals surface area contributed by atoms with Gasteiger partial charge in [-0.3, -0.25) is 4.90 Å². The first-order valence-electron chi connectivity index (χ1n) is 6.64. The zero-order chi connectivity index (χ0) is 12.8. The zero-order valence-corrected chi connectivity index (χ0v) is 10.6. The Labute approximate surface area is 109 Å². The van der Waals surface area contributed by atoms with Crippen LogP contribution in [0.2, 0.25) is 0 Å². The van der Waals surface area contributed by atoms with Crippen molar-refractivity contribution in [2.45, 2.75) is 44.4 Å². The summed E-state index contributed by atoms with van der Waals surface area (Å²) in [5, 5.41) is 19.1. The third-order valence-corrected chi connectivity index (χ3v) is 3.67. The number of hydrogen-bond donors (Lipinski definition) is 1. The summed E-state index contributed by atoms with van der Waals surface area (Å²) < 4.78 is 0. The van der Waals surface area contributed by atoms with E-state index in [1.54, 1.807) is 0 Å². The largest absolute Gasteiger partial charge is 0.391 e.